The molecule has 2 aromatic carbocycles. The number of hydrogen-bond acceptors (Lipinski definition) is 4. The normalized spacial score (nSPS) is 17.0. The lowest BCUT2D eigenvalue weighted by molar-refractivity contribution is 0.307. The first-order valence-corrected chi connectivity index (χ1v) is 9.75. The van der Waals surface area contributed by atoms with Crippen LogP contribution in [0, 0.1) is 0 Å². The first kappa shape index (κ1) is 18.3. The zero-order valence-electron chi connectivity index (χ0n) is 14.7. The average Bonchev–Trinajstić information content (AvgIpc) is 3.18. The fourth-order valence-electron chi connectivity index (χ4n) is 3.24. The third-order valence-electron chi connectivity index (χ3n) is 4.72. The van der Waals surface area contributed by atoms with Crippen LogP contribution in [0.2, 0.25) is 10.0 Å². The van der Waals surface area contributed by atoms with Gasteiger partial charge in [-0.05, 0) is 43.7 Å². The van der Waals surface area contributed by atoms with Crippen LogP contribution >= 0.6 is 23.2 Å². The van der Waals surface area contributed by atoms with E-state index in [9.17, 15) is 0 Å². The highest BCUT2D eigenvalue weighted by Crippen LogP contribution is 2.30. The molecule has 1 aliphatic heterocycles. The molecule has 0 bridgehead atoms. The highest BCUT2D eigenvalue weighted by Gasteiger charge is 2.18. The van der Waals surface area contributed by atoms with Gasteiger partial charge in [0.05, 0.1) is 12.2 Å². The molecule has 140 valence electrons. The first-order chi connectivity index (χ1) is 13.2. The Morgan fingerprint density at radius 2 is 2.07 bits per heavy atom. The lowest BCUT2D eigenvalue weighted by Crippen LogP contribution is -2.31. The van der Waals surface area contributed by atoms with Gasteiger partial charge in [-0.2, -0.15) is 0 Å². The van der Waals surface area contributed by atoms with Gasteiger partial charge in [-0.15, -0.1) is 5.10 Å². The largest absolute Gasteiger partial charge is 0.488 e. The van der Waals surface area contributed by atoms with Crippen molar-refractivity contribution in [3.8, 4) is 17.0 Å². The van der Waals surface area contributed by atoms with Gasteiger partial charge in [0.15, 0.2) is 0 Å². The van der Waals surface area contributed by atoms with E-state index in [1.54, 1.807) is 6.07 Å². The maximum absolute atomic E-state index is 6.25. The molecule has 2 heterocycles. The molecule has 1 fully saturated rings. The Morgan fingerprint density at radius 1 is 1.19 bits per heavy atom. The number of aromatic nitrogens is 3. The van der Waals surface area contributed by atoms with Crippen molar-refractivity contribution < 1.29 is 4.74 Å². The van der Waals surface area contributed by atoms with Crippen molar-refractivity contribution in [2.45, 2.75) is 25.5 Å². The van der Waals surface area contributed by atoms with Crippen molar-refractivity contribution >= 4 is 23.2 Å². The number of para-hydroxylation sites is 1. The van der Waals surface area contributed by atoms with E-state index in [-0.39, 0.29) is 0 Å². The van der Waals surface area contributed by atoms with Gasteiger partial charge in [0.25, 0.3) is 0 Å². The molecule has 1 unspecified atom stereocenters. The number of halogens is 2. The molecule has 0 amide bonds. The monoisotopic (exact) mass is 402 g/mol. The number of nitrogens with zero attached hydrogens (tertiary/aromatic N) is 3. The summed E-state index contributed by atoms with van der Waals surface area (Å²) in [5.41, 5.74) is 2.60. The Morgan fingerprint density at radius 3 is 2.89 bits per heavy atom. The summed E-state index contributed by atoms with van der Waals surface area (Å²) in [7, 11) is 0. The lowest BCUT2D eigenvalue weighted by Gasteiger charge is -2.22. The molecule has 0 radical (unpaired) electrons. The fourth-order valence-corrected chi connectivity index (χ4v) is 3.70. The molecule has 1 saturated heterocycles. The summed E-state index contributed by atoms with van der Waals surface area (Å²) in [5, 5.41) is 13.3. The number of piperidine rings is 1. The third kappa shape index (κ3) is 4.26. The molecule has 4 rings (SSSR count). The number of benzene rings is 2. The molecule has 5 nitrogen and oxygen atoms in total. The molecule has 1 atom stereocenters. The summed E-state index contributed by atoms with van der Waals surface area (Å²) >= 11 is 12.2. The average molecular weight is 403 g/mol. The van der Waals surface area contributed by atoms with E-state index in [2.05, 4.69) is 15.6 Å². The molecule has 3 aromatic rings. The predicted molar refractivity (Wildman–Crippen MR) is 107 cm³/mol. The van der Waals surface area contributed by atoms with Crippen LogP contribution in [0.15, 0.2) is 48.7 Å². The minimum absolute atomic E-state index is 0.348. The zero-order chi connectivity index (χ0) is 18.6. The van der Waals surface area contributed by atoms with E-state index in [1.165, 1.54) is 0 Å². The summed E-state index contributed by atoms with van der Waals surface area (Å²) in [6.45, 7) is 2.35. The van der Waals surface area contributed by atoms with E-state index in [4.69, 9.17) is 27.9 Å². The van der Waals surface area contributed by atoms with E-state index >= 15 is 0 Å². The standard InChI is InChI=1S/C20H20Cl2N4O/c21-15-8-7-14(18(22)10-15)13-27-20-6-2-1-5-17(20)19-12-26(25-24-19)16-4-3-9-23-11-16/h1-2,5-8,10,12,16,23H,3-4,9,11,13H2. The van der Waals surface area contributed by atoms with Crippen molar-refractivity contribution in [3.05, 3.63) is 64.3 Å². The van der Waals surface area contributed by atoms with Crippen LogP contribution in [0.4, 0.5) is 0 Å². The summed E-state index contributed by atoms with van der Waals surface area (Å²) in [5.74, 6) is 0.748. The van der Waals surface area contributed by atoms with E-state index in [0.717, 1.165) is 48.5 Å². The van der Waals surface area contributed by atoms with Crippen LogP contribution in [0.5, 0.6) is 5.75 Å². The van der Waals surface area contributed by atoms with Crippen LogP contribution in [0.25, 0.3) is 11.3 Å². The number of nitrogens with one attached hydrogen (secondary N) is 1. The second-order valence-corrected chi connectivity index (χ2v) is 7.45. The molecule has 7 heteroatoms. The Balaban J connectivity index is 1.53. The van der Waals surface area contributed by atoms with Gasteiger partial charge in [-0.25, -0.2) is 4.68 Å². The Kier molecular flexibility index (Phi) is 5.62. The smallest absolute Gasteiger partial charge is 0.129 e. The van der Waals surface area contributed by atoms with Gasteiger partial charge in [0, 0.05) is 27.7 Å². The molecular formula is C20H20Cl2N4O. The van der Waals surface area contributed by atoms with Crippen molar-refractivity contribution in [3.63, 3.8) is 0 Å². The van der Waals surface area contributed by atoms with Crippen molar-refractivity contribution in [2.75, 3.05) is 13.1 Å². The molecule has 1 aromatic heterocycles. The van der Waals surface area contributed by atoms with Gasteiger partial charge in [0.2, 0.25) is 0 Å². The second-order valence-electron chi connectivity index (χ2n) is 6.60. The molecule has 27 heavy (non-hydrogen) atoms. The van der Waals surface area contributed by atoms with Crippen LogP contribution in [-0.4, -0.2) is 28.1 Å². The topological polar surface area (TPSA) is 52.0 Å². The fraction of sp³-hybridized carbons (Fsp3) is 0.300. The quantitative estimate of drug-likeness (QED) is 0.668. The van der Waals surface area contributed by atoms with E-state index < -0.39 is 0 Å². The summed E-state index contributed by atoms with van der Waals surface area (Å²) in [6.07, 6.45) is 4.26. The van der Waals surface area contributed by atoms with E-state index in [0.29, 0.717) is 22.7 Å². The minimum atomic E-state index is 0.348. The lowest BCUT2D eigenvalue weighted by atomic mass is 10.1. The minimum Gasteiger partial charge on any atom is -0.488 e. The molecule has 1 aliphatic rings. The van der Waals surface area contributed by atoms with Crippen molar-refractivity contribution in [1.29, 1.82) is 0 Å². The maximum Gasteiger partial charge on any atom is 0.129 e. The first-order valence-electron chi connectivity index (χ1n) is 8.99. The summed E-state index contributed by atoms with van der Waals surface area (Å²) in [6, 6.07) is 13.6. The molecular weight excluding hydrogens is 383 g/mol. The molecule has 0 aliphatic carbocycles. The molecule has 0 spiro atoms. The van der Waals surface area contributed by atoms with Gasteiger partial charge in [0.1, 0.15) is 18.1 Å². The second kappa shape index (κ2) is 8.30. The predicted octanol–water partition coefficient (Wildman–Crippen LogP) is 4.76. The van der Waals surface area contributed by atoms with Crippen LogP contribution < -0.4 is 10.1 Å². The highest BCUT2D eigenvalue weighted by atomic mass is 35.5. The van der Waals surface area contributed by atoms with Crippen LogP contribution in [0.1, 0.15) is 24.4 Å². The summed E-state index contributed by atoms with van der Waals surface area (Å²) < 4.78 is 7.99. The Hall–Kier alpha value is -2.08. The number of hydrogen-bond donors (Lipinski definition) is 1. The van der Waals surface area contributed by atoms with Gasteiger partial charge in [-0.1, -0.05) is 46.6 Å². The third-order valence-corrected chi connectivity index (χ3v) is 5.30. The van der Waals surface area contributed by atoms with Gasteiger partial charge >= 0.3 is 0 Å². The van der Waals surface area contributed by atoms with Crippen molar-refractivity contribution in [2.24, 2.45) is 0 Å². The Bertz CT molecular complexity index is 922. The zero-order valence-corrected chi connectivity index (χ0v) is 16.2. The molecule has 1 N–H and O–H groups in total. The SMILES string of the molecule is Clc1ccc(COc2ccccc2-c2cn(C3CCCNC3)nn2)c(Cl)c1. The Labute approximate surface area is 168 Å². The number of ether oxygens (including phenoxy) is 1. The summed E-state index contributed by atoms with van der Waals surface area (Å²) in [4.78, 5) is 0. The van der Waals surface area contributed by atoms with Crippen LogP contribution in [0.3, 0.4) is 0 Å². The van der Waals surface area contributed by atoms with E-state index in [1.807, 2.05) is 47.3 Å². The highest BCUT2D eigenvalue weighted by molar-refractivity contribution is 6.35. The van der Waals surface area contributed by atoms with Gasteiger partial charge < -0.3 is 10.1 Å². The van der Waals surface area contributed by atoms with Gasteiger partial charge in [-0.3, -0.25) is 0 Å². The maximum atomic E-state index is 6.25. The molecule has 0 saturated carbocycles. The number of rotatable bonds is 5. The van der Waals surface area contributed by atoms with Crippen LogP contribution in [-0.2, 0) is 6.61 Å². The van der Waals surface area contributed by atoms with Crippen molar-refractivity contribution in [1.82, 2.24) is 20.3 Å².